The van der Waals surface area contributed by atoms with Gasteiger partial charge in [-0.25, -0.2) is 4.98 Å². The second kappa shape index (κ2) is 6.22. The number of halogens is 2. The summed E-state index contributed by atoms with van der Waals surface area (Å²) >= 11 is 12.2. The van der Waals surface area contributed by atoms with Crippen LogP contribution in [0.4, 0.5) is 0 Å². The first-order valence-corrected chi connectivity index (χ1v) is 6.87. The summed E-state index contributed by atoms with van der Waals surface area (Å²) < 4.78 is 0. The van der Waals surface area contributed by atoms with Crippen molar-refractivity contribution in [3.63, 3.8) is 0 Å². The van der Waals surface area contributed by atoms with Gasteiger partial charge in [-0.05, 0) is 24.1 Å². The summed E-state index contributed by atoms with van der Waals surface area (Å²) in [5.74, 6) is 0.589. The smallest absolute Gasteiger partial charge is 0.251 e. The summed E-state index contributed by atoms with van der Waals surface area (Å²) in [6, 6.07) is 6.87. The standard InChI is InChI=1S/C14H14Cl2N2O/c1-2-4-9-7-14(19)18-13(17-9)8-10-11(15)5-3-6-12(10)16/h3,5-7H,2,4,8H2,1H3,(H,17,18,19). The largest absolute Gasteiger partial charge is 0.310 e. The zero-order valence-corrected chi connectivity index (χ0v) is 12.1. The topological polar surface area (TPSA) is 45.8 Å². The van der Waals surface area contributed by atoms with Crippen LogP contribution in [0.3, 0.4) is 0 Å². The summed E-state index contributed by atoms with van der Waals surface area (Å²) in [6.45, 7) is 2.05. The second-order valence-corrected chi connectivity index (χ2v) is 5.12. The van der Waals surface area contributed by atoms with Crippen LogP contribution in [0, 0.1) is 0 Å². The maximum atomic E-state index is 11.6. The van der Waals surface area contributed by atoms with Crippen molar-refractivity contribution in [3.05, 3.63) is 61.7 Å². The van der Waals surface area contributed by atoms with Crippen LogP contribution in [0.2, 0.25) is 10.0 Å². The lowest BCUT2D eigenvalue weighted by molar-refractivity contribution is 0.832. The highest BCUT2D eigenvalue weighted by atomic mass is 35.5. The number of hydrogen-bond acceptors (Lipinski definition) is 2. The van der Waals surface area contributed by atoms with Crippen LogP contribution in [0.1, 0.15) is 30.4 Å². The summed E-state index contributed by atoms with van der Waals surface area (Å²) in [6.07, 6.45) is 2.15. The van der Waals surface area contributed by atoms with E-state index in [1.54, 1.807) is 18.2 Å². The van der Waals surface area contributed by atoms with Crippen LogP contribution < -0.4 is 5.56 Å². The van der Waals surface area contributed by atoms with Crippen molar-refractivity contribution in [2.24, 2.45) is 0 Å². The van der Waals surface area contributed by atoms with Gasteiger partial charge in [-0.3, -0.25) is 4.79 Å². The number of aromatic nitrogens is 2. The Labute approximate surface area is 121 Å². The van der Waals surface area contributed by atoms with E-state index in [0.29, 0.717) is 22.3 Å². The van der Waals surface area contributed by atoms with E-state index >= 15 is 0 Å². The number of nitrogens with one attached hydrogen (secondary N) is 1. The molecule has 0 aliphatic carbocycles. The van der Waals surface area contributed by atoms with Crippen LogP contribution in [0.5, 0.6) is 0 Å². The minimum absolute atomic E-state index is 0.142. The van der Waals surface area contributed by atoms with Gasteiger partial charge < -0.3 is 4.98 Å². The fourth-order valence-electron chi connectivity index (χ4n) is 1.90. The van der Waals surface area contributed by atoms with Crippen LogP contribution in [0.25, 0.3) is 0 Å². The van der Waals surface area contributed by atoms with Gasteiger partial charge in [0.15, 0.2) is 0 Å². The summed E-state index contributed by atoms with van der Waals surface area (Å²) in [7, 11) is 0. The molecule has 1 heterocycles. The lowest BCUT2D eigenvalue weighted by Gasteiger charge is -2.07. The van der Waals surface area contributed by atoms with E-state index in [-0.39, 0.29) is 5.56 Å². The number of aromatic amines is 1. The lowest BCUT2D eigenvalue weighted by atomic mass is 10.1. The van der Waals surface area contributed by atoms with Crippen LogP contribution in [-0.4, -0.2) is 9.97 Å². The molecule has 0 bridgehead atoms. The Hall–Kier alpha value is -1.32. The number of H-pyrrole nitrogens is 1. The molecular weight excluding hydrogens is 283 g/mol. The van der Waals surface area contributed by atoms with Gasteiger partial charge in [-0.15, -0.1) is 0 Å². The van der Waals surface area contributed by atoms with Gasteiger partial charge in [0.25, 0.3) is 5.56 Å². The molecule has 0 aliphatic rings. The van der Waals surface area contributed by atoms with Gasteiger partial charge in [0.1, 0.15) is 5.82 Å². The van der Waals surface area contributed by atoms with Crippen molar-refractivity contribution in [2.75, 3.05) is 0 Å². The van der Waals surface area contributed by atoms with Gasteiger partial charge >= 0.3 is 0 Å². The second-order valence-electron chi connectivity index (χ2n) is 4.31. The normalized spacial score (nSPS) is 10.7. The van der Waals surface area contributed by atoms with Crippen molar-refractivity contribution in [3.8, 4) is 0 Å². The summed E-state index contributed by atoms with van der Waals surface area (Å²) in [4.78, 5) is 18.7. The monoisotopic (exact) mass is 296 g/mol. The zero-order valence-electron chi connectivity index (χ0n) is 10.5. The van der Waals surface area contributed by atoms with E-state index in [0.717, 1.165) is 24.1 Å². The van der Waals surface area contributed by atoms with E-state index in [1.165, 1.54) is 6.07 Å². The van der Waals surface area contributed by atoms with Crippen molar-refractivity contribution in [2.45, 2.75) is 26.2 Å². The zero-order chi connectivity index (χ0) is 13.8. The molecule has 0 amide bonds. The Kier molecular flexibility index (Phi) is 4.61. The number of rotatable bonds is 4. The predicted octanol–water partition coefficient (Wildman–Crippen LogP) is 3.62. The van der Waals surface area contributed by atoms with Crippen molar-refractivity contribution in [1.82, 2.24) is 9.97 Å². The predicted molar refractivity (Wildman–Crippen MR) is 78.1 cm³/mol. The van der Waals surface area contributed by atoms with E-state index in [2.05, 4.69) is 9.97 Å². The highest BCUT2D eigenvalue weighted by Crippen LogP contribution is 2.25. The Balaban J connectivity index is 2.35. The SMILES string of the molecule is CCCc1cc(=O)[nH]c(Cc2c(Cl)cccc2Cl)n1. The van der Waals surface area contributed by atoms with Gasteiger partial charge in [-0.1, -0.05) is 42.6 Å². The Bertz CT molecular complexity index is 617. The number of benzene rings is 1. The molecule has 0 unspecified atom stereocenters. The molecule has 0 aliphatic heterocycles. The minimum atomic E-state index is -0.142. The fourth-order valence-corrected chi connectivity index (χ4v) is 2.43. The van der Waals surface area contributed by atoms with Crippen molar-refractivity contribution in [1.29, 1.82) is 0 Å². The quantitative estimate of drug-likeness (QED) is 0.936. The molecule has 0 atom stereocenters. The third-order valence-electron chi connectivity index (χ3n) is 2.76. The van der Waals surface area contributed by atoms with E-state index < -0.39 is 0 Å². The van der Waals surface area contributed by atoms with Gasteiger partial charge in [0, 0.05) is 28.2 Å². The van der Waals surface area contributed by atoms with E-state index in [1.807, 2.05) is 6.92 Å². The molecule has 0 radical (unpaired) electrons. The molecule has 5 heteroatoms. The maximum absolute atomic E-state index is 11.6. The molecule has 0 spiro atoms. The molecular formula is C14H14Cl2N2O. The number of hydrogen-bond donors (Lipinski definition) is 1. The Morgan fingerprint density at radius 1 is 1.26 bits per heavy atom. The first kappa shape index (κ1) is 14.1. The third-order valence-corrected chi connectivity index (χ3v) is 3.46. The fraction of sp³-hybridized carbons (Fsp3) is 0.286. The average Bonchev–Trinajstić information content (AvgIpc) is 2.34. The van der Waals surface area contributed by atoms with Crippen LogP contribution in [0.15, 0.2) is 29.1 Å². The van der Waals surface area contributed by atoms with Crippen molar-refractivity contribution < 1.29 is 0 Å². The molecule has 0 saturated heterocycles. The highest BCUT2D eigenvalue weighted by molar-refractivity contribution is 6.36. The Morgan fingerprint density at radius 3 is 2.58 bits per heavy atom. The Morgan fingerprint density at radius 2 is 1.95 bits per heavy atom. The van der Waals surface area contributed by atoms with Gasteiger partial charge in [0.2, 0.25) is 0 Å². The molecule has 1 aromatic carbocycles. The molecule has 2 rings (SSSR count). The molecule has 0 saturated carbocycles. The van der Waals surface area contributed by atoms with Gasteiger partial charge in [0.05, 0.1) is 0 Å². The highest BCUT2D eigenvalue weighted by Gasteiger charge is 2.09. The molecule has 1 N–H and O–H groups in total. The van der Waals surface area contributed by atoms with Crippen LogP contribution >= 0.6 is 23.2 Å². The molecule has 100 valence electrons. The lowest BCUT2D eigenvalue weighted by Crippen LogP contribution is -2.13. The van der Waals surface area contributed by atoms with Crippen molar-refractivity contribution >= 4 is 23.2 Å². The number of nitrogens with zero attached hydrogens (tertiary/aromatic N) is 1. The number of aryl methyl sites for hydroxylation is 1. The van der Waals surface area contributed by atoms with Gasteiger partial charge in [-0.2, -0.15) is 0 Å². The first-order valence-electron chi connectivity index (χ1n) is 6.12. The molecule has 0 fully saturated rings. The average molecular weight is 297 g/mol. The maximum Gasteiger partial charge on any atom is 0.251 e. The van der Waals surface area contributed by atoms with E-state index in [9.17, 15) is 4.79 Å². The first-order chi connectivity index (χ1) is 9.10. The molecule has 3 nitrogen and oxygen atoms in total. The molecule has 2 aromatic rings. The molecule has 19 heavy (non-hydrogen) atoms. The summed E-state index contributed by atoms with van der Waals surface area (Å²) in [5.41, 5.74) is 1.43. The van der Waals surface area contributed by atoms with Crippen LogP contribution in [-0.2, 0) is 12.8 Å². The summed E-state index contributed by atoms with van der Waals surface area (Å²) in [5, 5.41) is 1.16. The minimum Gasteiger partial charge on any atom is -0.310 e. The molecule has 1 aromatic heterocycles. The van der Waals surface area contributed by atoms with E-state index in [4.69, 9.17) is 23.2 Å². The third kappa shape index (κ3) is 3.58.